The number of H-pyrrole nitrogens is 2. The van der Waals surface area contributed by atoms with Crippen LogP contribution in [0.2, 0.25) is 0 Å². The number of β-amino-alcohol motifs (C(OH)–C–C–N with tert-alkyl or cyclic N) is 1. The molecule has 4 aromatic rings. The van der Waals surface area contributed by atoms with Gasteiger partial charge in [0.15, 0.2) is 0 Å². The van der Waals surface area contributed by atoms with Crippen molar-refractivity contribution in [2.45, 2.75) is 45.6 Å². The van der Waals surface area contributed by atoms with Crippen molar-refractivity contribution in [2.75, 3.05) is 46.4 Å². The highest BCUT2D eigenvalue weighted by Crippen LogP contribution is 2.26. The number of fused-ring (bicyclic) bond motifs is 2. The van der Waals surface area contributed by atoms with E-state index in [-0.39, 0.29) is 12.1 Å². The van der Waals surface area contributed by atoms with Gasteiger partial charge in [-0.15, -0.1) is 0 Å². The predicted molar refractivity (Wildman–Crippen MR) is 151 cm³/mol. The van der Waals surface area contributed by atoms with Crippen molar-refractivity contribution < 1.29 is 27.8 Å². The second-order valence-electron chi connectivity index (χ2n) is 10.3. The molecule has 6 nitrogen and oxygen atoms in total. The Morgan fingerprint density at radius 1 is 0.925 bits per heavy atom. The number of aromatic nitrogens is 2. The van der Waals surface area contributed by atoms with E-state index in [0.29, 0.717) is 48.8 Å². The van der Waals surface area contributed by atoms with Crippen LogP contribution in [-0.2, 0) is 12.8 Å². The third-order valence-electron chi connectivity index (χ3n) is 7.07. The zero-order valence-corrected chi connectivity index (χ0v) is 23.6. The lowest BCUT2D eigenvalue weighted by atomic mass is 10.1. The van der Waals surface area contributed by atoms with Crippen LogP contribution in [0.3, 0.4) is 0 Å². The van der Waals surface area contributed by atoms with Gasteiger partial charge >= 0.3 is 0 Å². The number of hydrogen-bond donors (Lipinski definition) is 4. The third-order valence-corrected chi connectivity index (χ3v) is 7.07. The molecule has 40 heavy (non-hydrogen) atoms. The minimum Gasteiger partial charge on any atom is -0.395 e. The summed E-state index contributed by atoms with van der Waals surface area (Å²) in [5.41, 5.74) is 1.70. The van der Waals surface area contributed by atoms with Gasteiger partial charge in [-0.1, -0.05) is 13.8 Å². The Kier molecular flexibility index (Phi) is 11.2. The van der Waals surface area contributed by atoms with E-state index in [1.165, 1.54) is 6.07 Å². The number of likely N-dealkylation sites (N-methyl/N-ethyl adjacent to an activating group) is 1. The first-order valence-corrected chi connectivity index (χ1v) is 13.7. The number of aliphatic hydroxyl groups is 2. The molecule has 1 unspecified atom stereocenters. The number of aliphatic hydroxyl groups excluding tert-OH is 1. The summed E-state index contributed by atoms with van der Waals surface area (Å²) < 4.78 is 54.1. The third kappa shape index (κ3) is 7.84. The molecule has 0 bridgehead atoms. The summed E-state index contributed by atoms with van der Waals surface area (Å²) in [7, 11) is 1.88. The van der Waals surface area contributed by atoms with Crippen molar-refractivity contribution >= 4 is 21.8 Å². The summed E-state index contributed by atoms with van der Waals surface area (Å²) in [5, 5.41) is 19.5. The van der Waals surface area contributed by atoms with Crippen LogP contribution in [0.15, 0.2) is 36.7 Å². The molecule has 0 aliphatic carbocycles. The van der Waals surface area contributed by atoms with E-state index in [1.54, 1.807) is 12.4 Å². The van der Waals surface area contributed by atoms with E-state index in [4.69, 9.17) is 5.11 Å². The van der Waals surface area contributed by atoms with Crippen LogP contribution in [0.1, 0.15) is 38.3 Å². The summed E-state index contributed by atoms with van der Waals surface area (Å²) in [6.07, 6.45) is 5.43. The van der Waals surface area contributed by atoms with Gasteiger partial charge in [-0.3, -0.25) is 0 Å². The summed E-state index contributed by atoms with van der Waals surface area (Å²) in [5.74, 6) is -1.95. The SMILES string of the molecule is CC.CC1(O)CCN(CCc2c[nH]c3cc(F)cc(F)c23)C1.CN(CCO)CCc1c[nH]c2c(F)ccc(F)c12. The largest absolute Gasteiger partial charge is 0.395 e. The number of nitrogens with zero attached hydrogens (tertiary/aromatic N) is 2. The molecular weight excluding hydrogens is 524 g/mol. The van der Waals surface area contributed by atoms with Crippen LogP contribution >= 0.6 is 0 Å². The van der Waals surface area contributed by atoms with Crippen LogP contribution in [0.4, 0.5) is 17.6 Å². The molecule has 2 aromatic carbocycles. The van der Waals surface area contributed by atoms with Crippen molar-refractivity contribution in [3.05, 3.63) is 71.1 Å². The highest BCUT2D eigenvalue weighted by atomic mass is 19.1. The Morgan fingerprint density at radius 2 is 1.60 bits per heavy atom. The number of likely N-dealkylation sites (tertiary alicyclic amines) is 1. The fourth-order valence-corrected chi connectivity index (χ4v) is 4.99. The minimum atomic E-state index is -0.616. The Bertz CT molecular complexity index is 1390. The maximum Gasteiger partial charge on any atom is 0.147 e. The molecule has 0 spiro atoms. The maximum absolute atomic E-state index is 13.9. The molecule has 0 amide bonds. The van der Waals surface area contributed by atoms with E-state index < -0.39 is 28.9 Å². The van der Waals surface area contributed by atoms with E-state index in [9.17, 15) is 22.7 Å². The van der Waals surface area contributed by atoms with Crippen LogP contribution in [0.5, 0.6) is 0 Å². The molecule has 0 saturated carbocycles. The minimum absolute atomic E-state index is 0.0906. The summed E-state index contributed by atoms with van der Waals surface area (Å²) in [6, 6.07) is 4.49. The predicted octanol–water partition coefficient (Wildman–Crippen LogP) is 5.38. The number of hydrogen-bond acceptors (Lipinski definition) is 4. The van der Waals surface area contributed by atoms with Gasteiger partial charge in [0.2, 0.25) is 0 Å². The first kappa shape index (κ1) is 31.6. The molecule has 1 saturated heterocycles. The molecule has 2 aromatic heterocycles. The average molecular weight is 565 g/mol. The molecular formula is C30H40F4N4O2. The van der Waals surface area contributed by atoms with Crippen LogP contribution in [0.25, 0.3) is 21.8 Å². The van der Waals surface area contributed by atoms with E-state index in [2.05, 4.69) is 14.9 Å². The normalized spacial score (nSPS) is 17.3. The molecule has 1 aliphatic rings. The molecule has 1 aliphatic heterocycles. The number of aromatic amines is 2. The summed E-state index contributed by atoms with van der Waals surface area (Å²) in [4.78, 5) is 9.79. The Labute approximate surface area is 232 Å². The molecule has 3 heterocycles. The summed E-state index contributed by atoms with van der Waals surface area (Å²) in [6.45, 7) is 9.44. The van der Waals surface area contributed by atoms with Crippen molar-refractivity contribution in [2.24, 2.45) is 0 Å². The van der Waals surface area contributed by atoms with Gasteiger partial charge < -0.3 is 30.0 Å². The zero-order valence-electron chi connectivity index (χ0n) is 23.6. The van der Waals surface area contributed by atoms with Crippen molar-refractivity contribution in [1.29, 1.82) is 0 Å². The summed E-state index contributed by atoms with van der Waals surface area (Å²) >= 11 is 0. The van der Waals surface area contributed by atoms with E-state index in [0.717, 1.165) is 48.8 Å². The number of nitrogens with one attached hydrogen (secondary N) is 2. The number of halogens is 4. The Morgan fingerprint density at radius 3 is 2.27 bits per heavy atom. The van der Waals surface area contributed by atoms with E-state index in [1.807, 2.05) is 32.7 Å². The second-order valence-corrected chi connectivity index (χ2v) is 10.3. The molecule has 1 fully saturated rings. The molecule has 10 heteroatoms. The standard InChI is InChI=1S/C15H18F2N2O.C13H16F2N2O.C2H6/c1-15(20)3-5-19(9-15)4-2-10-8-18-13-7-11(16)6-12(17)14(10)13;1-17(6-7-18)5-4-9-8-16-13-11(15)3-2-10(14)12(9)13;1-2/h6-8,18,20H,2-5,9H2,1H3;2-3,8,16,18H,4-7H2,1H3;1-2H3. The van der Waals surface area contributed by atoms with Gasteiger partial charge in [-0.05, 0) is 62.6 Å². The van der Waals surface area contributed by atoms with Crippen molar-refractivity contribution in [3.8, 4) is 0 Å². The maximum atomic E-state index is 13.9. The van der Waals surface area contributed by atoms with E-state index >= 15 is 0 Å². The van der Waals surface area contributed by atoms with Gasteiger partial charge in [-0.2, -0.15) is 0 Å². The van der Waals surface area contributed by atoms with Gasteiger partial charge in [0.25, 0.3) is 0 Å². The highest BCUT2D eigenvalue weighted by Gasteiger charge is 2.30. The molecule has 1 atom stereocenters. The number of rotatable bonds is 8. The number of benzene rings is 2. The first-order valence-electron chi connectivity index (χ1n) is 13.7. The lowest BCUT2D eigenvalue weighted by molar-refractivity contribution is 0.0690. The molecule has 220 valence electrons. The Balaban J connectivity index is 0.000000209. The van der Waals surface area contributed by atoms with Crippen LogP contribution < -0.4 is 0 Å². The van der Waals surface area contributed by atoms with Gasteiger partial charge in [0, 0.05) is 62.0 Å². The molecule has 5 rings (SSSR count). The van der Waals surface area contributed by atoms with Gasteiger partial charge in [0.05, 0.1) is 23.2 Å². The van der Waals surface area contributed by atoms with Crippen LogP contribution in [0, 0.1) is 23.3 Å². The van der Waals surface area contributed by atoms with Crippen molar-refractivity contribution in [1.82, 2.24) is 19.8 Å². The first-order chi connectivity index (χ1) is 19.1. The van der Waals surface area contributed by atoms with Gasteiger partial charge in [-0.25, -0.2) is 17.6 Å². The smallest absolute Gasteiger partial charge is 0.147 e. The average Bonchev–Trinajstić information content (AvgIpc) is 3.62. The van der Waals surface area contributed by atoms with Gasteiger partial charge in [0.1, 0.15) is 23.3 Å². The van der Waals surface area contributed by atoms with Crippen molar-refractivity contribution in [3.63, 3.8) is 0 Å². The lowest BCUT2D eigenvalue weighted by Gasteiger charge is -2.18. The monoisotopic (exact) mass is 564 g/mol. The fraction of sp³-hybridized carbons (Fsp3) is 0.467. The zero-order chi connectivity index (χ0) is 29.4. The molecule has 0 radical (unpaired) electrons. The molecule has 4 N–H and O–H groups in total. The topological polar surface area (TPSA) is 78.5 Å². The second kappa shape index (κ2) is 14.1. The fourth-order valence-electron chi connectivity index (χ4n) is 4.99. The van der Waals surface area contributed by atoms with Crippen LogP contribution in [-0.4, -0.2) is 82.0 Å². The lowest BCUT2D eigenvalue weighted by Crippen LogP contribution is -2.30. The Hall–Kier alpha value is -2.92. The quantitative estimate of drug-likeness (QED) is 0.217. The highest BCUT2D eigenvalue weighted by molar-refractivity contribution is 5.85.